The number of amides is 1. The Hall–Kier alpha value is -2.31. The molecule has 0 radical (unpaired) electrons. The molecule has 0 aromatic carbocycles. The first-order valence-electron chi connectivity index (χ1n) is 7.10. The van der Waals surface area contributed by atoms with Gasteiger partial charge in [-0.2, -0.15) is 0 Å². The Morgan fingerprint density at radius 2 is 2.05 bits per heavy atom. The third kappa shape index (κ3) is 7.47. The van der Waals surface area contributed by atoms with Gasteiger partial charge in [0.05, 0.1) is 11.9 Å². The van der Waals surface area contributed by atoms with Gasteiger partial charge in [-0.1, -0.05) is 0 Å². The van der Waals surface area contributed by atoms with Crippen LogP contribution in [0.2, 0.25) is 0 Å². The number of anilines is 2. The fraction of sp³-hybridized carbons (Fsp3) is 0.533. The number of aliphatic carboxylic acids is 1. The highest BCUT2D eigenvalue weighted by molar-refractivity contribution is 5.83. The fourth-order valence-electron chi connectivity index (χ4n) is 1.66. The van der Waals surface area contributed by atoms with Crippen LogP contribution in [0.4, 0.5) is 16.3 Å². The first kappa shape index (κ1) is 17.7. The molecule has 1 unspecified atom stereocenters. The van der Waals surface area contributed by atoms with Crippen LogP contribution in [0.25, 0.3) is 0 Å². The van der Waals surface area contributed by atoms with Gasteiger partial charge in [-0.15, -0.1) is 0 Å². The molecule has 0 aliphatic carbocycles. The van der Waals surface area contributed by atoms with Crippen molar-refractivity contribution in [3.05, 3.63) is 18.3 Å². The second kappa shape index (κ2) is 7.63. The van der Waals surface area contributed by atoms with E-state index in [4.69, 9.17) is 9.84 Å². The zero-order valence-corrected chi connectivity index (χ0v) is 13.3. The fourth-order valence-corrected chi connectivity index (χ4v) is 1.66. The zero-order chi connectivity index (χ0) is 16.8. The van der Waals surface area contributed by atoms with E-state index in [1.165, 1.54) is 0 Å². The van der Waals surface area contributed by atoms with Gasteiger partial charge in [0, 0.05) is 12.5 Å². The molecule has 1 atom stereocenters. The maximum absolute atomic E-state index is 11.6. The summed E-state index contributed by atoms with van der Waals surface area (Å²) in [5, 5.41) is 14.3. The van der Waals surface area contributed by atoms with Crippen molar-refractivity contribution >= 4 is 23.6 Å². The lowest BCUT2D eigenvalue weighted by atomic mass is 10.2. The Labute approximate surface area is 130 Å². The predicted octanol–water partition coefficient (Wildman–Crippen LogP) is 3.09. The van der Waals surface area contributed by atoms with Gasteiger partial charge in [0.1, 0.15) is 11.4 Å². The van der Waals surface area contributed by atoms with E-state index in [0.717, 1.165) is 5.69 Å². The number of aromatic nitrogens is 1. The Morgan fingerprint density at radius 3 is 2.55 bits per heavy atom. The van der Waals surface area contributed by atoms with E-state index in [9.17, 15) is 9.59 Å². The summed E-state index contributed by atoms with van der Waals surface area (Å²) < 4.78 is 5.13. The second-order valence-electron chi connectivity index (χ2n) is 6.04. The van der Waals surface area contributed by atoms with E-state index in [-0.39, 0.29) is 12.5 Å². The van der Waals surface area contributed by atoms with E-state index in [2.05, 4.69) is 15.6 Å². The van der Waals surface area contributed by atoms with Gasteiger partial charge in [0.15, 0.2) is 0 Å². The molecule has 1 amide bonds. The molecule has 22 heavy (non-hydrogen) atoms. The molecule has 7 heteroatoms. The zero-order valence-electron chi connectivity index (χ0n) is 13.3. The molecule has 0 aliphatic rings. The summed E-state index contributed by atoms with van der Waals surface area (Å²) in [4.78, 5) is 26.2. The summed E-state index contributed by atoms with van der Waals surface area (Å²) in [6.07, 6.45) is 1.65. The van der Waals surface area contributed by atoms with E-state index < -0.39 is 17.7 Å². The van der Waals surface area contributed by atoms with Crippen LogP contribution in [-0.4, -0.2) is 33.8 Å². The molecule has 0 saturated heterocycles. The van der Waals surface area contributed by atoms with Crippen molar-refractivity contribution in [2.75, 3.05) is 10.6 Å². The van der Waals surface area contributed by atoms with Crippen molar-refractivity contribution < 1.29 is 19.4 Å². The topological polar surface area (TPSA) is 101 Å². The van der Waals surface area contributed by atoms with Gasteiger partial charge in [-0.05, 0) is 46.2 Å². The van der Waals surface area contributed by atoms with Crippen LogP contribution in [0, 0.1) is 0 Å². The third-order valence-electron chi connectivity index (χ3n) is 2.60. The molecule has 0 spiro atoms. The minimum absolute atomic E-state index is 0.0163. The molecule has 122 valence electrons. The molecule has 0 saturated carbocycles. The maximum Gasteiger partial charge on any atom is 0.413 e. The molecular formula is C15H23N3O4. The molecule has 1 aromatic heterocycles. The van der Waals surface area contributed by atoms with Crippen molar-refractivity contribution in [2.24, 2.45) is 0 Å². The van der Waals surface area contributed by atoms with Crippen molar-refractivity contribution in [3.8, 4) is 0 Å². The molecule has 7 nitrogen and oxygen atoms in total. The Balaban J connectivity index is 2.49. The molecule has 0 bridgehead atoms. The van der Waals surface area contributed by atoms with E-state index in [0.29, 0.717) is 12.2 Å². The molecule has 1 heterocycles. The summed E-state index contributed by atoms with van der Waals surface area (Å²) in [6, 6.07) is 3.43. The number of nitrogens with one attached hydrogen (secondary N) is 2. The number of ether oxygens (including phenoxy) is 1. The quantitative estimate of drug-likeness (QED) is 0.746. The molecule has 1 aromatic rings. The predicted molar refractivity (Wildman–Crippen MR) is 84.0 cm³/mol. The lowest BCUT2D eigenvalue weighted by molar-refractivity contribution is -0.137. The van der Waals surface area contributed by atoms with Crippen molar-refractivity contribution in [2.45, 2.75) is 52.2 Å². The molecule has 1 rings (SSSR count). The summed E-state index contributed by atoms with van der Waals surface area (Å²) in [7, 11) is 0. The molecular weight excluding hydrogens is 286 g/mol. The smallest absolute Gasteiger partial charge is 0.413 e. The lowest BCUT2D eigenvalue weighted by Gasteiger charge is -2.19. The van der Waals surface area contributed by atoms with Crippen LogP contribution in [0.15, 0.2) is 18.3 Å². The van der Waals surface area contributed by atoms with Crippen molar-refractivity contribution in [1.82, 2.24) is 4.98 Å². The van der Waals surface area contributed by atoms with Gasteiger partial charge < -0.3 is 15.2 Å². The average molecular weight is 309 g/mol. The SMILES string of the molecule is CC(CCC(=O)O)Nc1ccc(NC(=O)OC(C)(C)C)nc1. The number of carboxylic acid groups (broad SMARTS) is 1. The highest BCUT2D eigenvalue weighted by Gasteiger charge is 2.16. The number of carboxylic acids is 1. The Bertz CT molecular complexity index is 509. The standard InChI is InChI=1S/C15H23N3O4/c1-10(5-8-13(19)20)17-11-6-7-12(16-9-11)18-14(21)22-15(2,3)4/h6-7,9-10,17H,5,8H2,1-4H3,(H,19,20)(H,16,18,21). The van der Waals surface area contributed by atoms with Gasteiger partial charge in [-0.25, -0.2) is 9.78 Å². The van der Waals surface area contributed by atoms with Crippen LogP contribution >= 0.6 is 0 Å². The lowest BCUT2D eigenvalue weighted by Crippen LogP contribution is -2.27. The van der Waals surface area contributed by atoms with Crippen LogP contribution < -0.4 is 10.6 Å². The van der Waals surface area contributed by atoms with Crippen LogP contribution in [-0.2, 0) is 9.53 Å². The number of carbonyl (C=O) groups excluding carboxylic acids is 1. The number of hydrogen-bond acceptors (Lipinski definition) is 5. The van der Waals surface area contributed by atoms with E-state index >= 15 is 0 Å². The molecule has 0 fully saturated rings. The number of rotatable bonds is 6. The summed E-state index contributed by atoms with van der Waals surface area (Å²) >= 11 is 0. The highest BCUT2D eigenvalue weighted by Crippen LogP contribution is 2.14. The largest absolute Gasteiger partial charge is 0.481 e. The first-order chi connectivity index (χ1) is 10.2. The van der Waals surface area contributed by atoms with Crippen LogP contribution in [0.1, 0.15) is 40.5 Å². The second-order valence-corrected chi connectivity index (χ2v) is 6.04. The summed E-state index contributed by atoms with van der Waals surface area (Å²) in [5.41, 5.74) is 0.193. The molecule has 0 aliphatic heterocycles. The van der Waals surface area contributed by atoms with E-state index in [1.54, 1.807) is 39.1 Å². The van der Waals surface area contributed by atoms with Crippen LogP contribution in [0.5, 0.6) is 0 Å². The van der Waals surface area contributed by atoms with Gasteiger partial charge >= 0.3 is 12.1 Å². The maximum atomic E-state index is 11.6. The minimum atomic E-state index is -0.816. The van der Waals surface area contributed by atoms with Gasteiger partial charge in [-0.3, -0.25) is 10.1 Å². The number of pyridine rings is 1. The first-order valence-corrected chi connectivity index (χ1v) is 7.10. The summed E-state index contributed by atoms with van der Waals surface area (Å²) in [6.45, 7) is 7.25. The number of hydrogen-bond donors (Lipinski definition) is 3. The number of nitrogens with zero attached hydrogens (tertiary/aromatic N) is 1. The Morgan fingerprint density at radius 1 is 1.36 bits per heavy atom. The van der Waals surface area contributed by atoms with E-state index in [1.807, 2.05) is 6.92 Å². The van der Waals surface area contributed by atoms with Crippen LogP contribution in [0.3, 0.4) is 0 Å². The van der Waals surface area contributed by atoms with Crippen molar-refractivity contribution in [3.63, 3.8) is 0 Å². The number of carbonyl (C=O) groups is 2. The highest BCUT2D eigenvalue weighted by atomic mass is 16.6. The molecule has 3 N–H and O–H groups in total. The third-order valence-corrected chi connectivity index (χ3v) is 2.60. The Kier molecular flexibility index (Phi) is 6.15. The average Bonchev–Trinajstić information content (AvgIpc) is 2.36. The normalized spacial score (nSPS) is 12.4. The monoisotopic (exact) mass is 309 g/mol. The minimum Gasteiger partial charge on any atom is -0.481 e. The van der Waals surface area contributed by atoms with Gasteiger partial charge in [0.2, 0.25) is 0 Å². The summed E-state index contributed by atoms with van der Waals surface area (Å²) in [5.74, 6) is -0.429. The van der Waals surface area contributed by atoms with Gasteiger partial charge in [0.25, 0.3) is 0 Å². The van der Waals surface area contributed by atoms with Crippen molar-refractivity contribution in [1.29, 1.82) is 0 Å².